The minimum atomic E-state index is -0.796. The number of benzene rings is 2. The van der Waals surface area contributed by atoms with E-state index in [1.54, 1.807) is 24.3 Å². The van der Waals surface area contributed by atoms with Gasteiger partial charge < -0.3 is 9.47 Å². The number of carbonyl (C=O) groups is 3. The molecular formula is C24H21BrN2O5. The summed E-state index contributed by atoms with van der Waals surface area (Å²) in [4.78, 5) is 38.9. The van der Waals surface area contributed by atoms with Crippen LogP contribution in [0.5, 0.6) is 11.5 Å². The second-order valence-corrected chi connectivity index (χ2v) is 7.59. The highest BCUT2D eigenvalue weighted by atomic mass is 79.9. The lowest BCUT2D eigenvalue weighted by Gasteiger charge is -2.26. The quantitative estimate of drug-likeness (QED) is 0.354. The standard InChI is InChI=1S/C24H21BrN2O5/c1-4-11-32-21-19(25)13-16(14-20(21)31-6-3)12-18-22(28)26-24(30)27(23(18)29)17-9-7-15(5-2)8-10-17/h1,7-10,12-14H,5-6,11H2,2-3H3,(H,26,28,30)/b18-12-. The smallest absolute Gasteiger partial charge is 0.335 e. The van der Waals surface area contributed by atoms with Gasteiger partial charge in [0.1, 0.15) is 12.2 Å². The second kappa shape index (κ2) is 10.2. The van der Waals surface area contributed by atoms with Crippen molar-refractivity contribution < 1.29 is 23.9 Å². The van der Waals surface area contributed by atoms with E-state index >= 15 is 0 Å². The van der Waals surface area contributed by atoms with Crippen molar-refractivity contribution in [3.8, 4) is 23.8 Å². The van der Waals surface area contributed by atoms with Crippen LogP contribution in [0, 0.1) is 12.3 Å². The highest BCUT2D eigenvalue weighted by Gasteiger charge is 2.36. The molecule has 0 aliphatic carbocycles. The van der Waals surface area contributed by atoms with Crippen molar-refractivity contribution in [2.24, 2.45) is 0 Å². The van der Waals surface area contributed by atoms with Crippen molar-refractivity contribution in [1.82, 2.24) is 5.32 Å². The maximum absolute atomic E-state index is 13.1. The van der Waals surface area contributed by atoms with Gasteiger partial charge in [-0.1, -0.05) is 25.0 Å². The maximum atomic E-state index is 13.1. The van der Waals surface area contributed by atoms with Gasteiger partial charge in [0.2, 0.25) is 0 Å². The van der Waals surface area contributed by atoms with Crippen molar-refractivity contribution in [2.75, 3.05) is 18.1 Å². The number of hydrogen-bond donors (Lipinski definition) is 1. The fraction of sp³-hybridized carbons (Fsp3) is 0.208. The number of terminal acetylenes is 1. The molecule has 0 bridgehead atoms. The first kappa shape index (κ1) is 23.1. The number of nitrogens with zero attached hydrogens (tertiary/aromatic N) is 1. The summed E-state index contributed by atoms with van der Waals surface area (Å²) in [5.41, 5.74) is 1.75. The Morgan fingerprint density at radius 2 is 1.84 bits per heavy atom. The number of halogens is 1. The van der Waals surface area contributed by atoms with Crippen LogP contribution in [0.25, 0.3) is 6.08 Å². The third kappa shape index (κ3) is 4.84. The first-order chi connectivity index (χ1) is 15.4. The summed E-state index contributed by atoms with van der Waals surface area (Å²) in [5, 5.41) is 2.22. The summed E-state index contributed by atoms with van der Waals surface area (Å²) in [7, 11) is 0. The van der Waals surface area contributed by atoms with Gasteiger partial charge in [-0.25, -0.2) is 9.69 Å². The van der Waals surface area contributed by atoms with E-state index in [1.165, 1.54) is 6.08 Å². The molecule has 1 saturated heterocycles. The molecule has 1 heterocycles. The van der Waals surface area contributed by atoms with Crippen LogP contribution in [0.4, 0.5) is 10.5 Å². The molecule has 3 rings (SSSR count). The van der Waals surface area contributed by atoms with E-state index in [2.05, 4.69) is 27.2 Å². The lowest BCUT2D eigenvalue weighted by Crippen LogP contribution is -2.54. The summed E-state index contributed by atoms with van der Waals surface area (Å²) in [6, 6.07) is 9.50. The van der Waals surface area contributed by atoms with E-state index in [9.17, 15) is 14.4 Å². The summed E-state index contributed by atoms with van der Waals surface area (Å²) < 4.78 is 11.7. The molecule has 1 N–H and O–H groups in total. The molecular weight excluding hydrogens is 476 g/mol. The number of rotatable bonds is 7. The zero-order valence-corrected chi connectivity index (χ0v) is 19.2. The van der Waals surface area contributed by atoms with E-state index in [1.807, 2.05) is 26.0 Å². The molecule has 32 heavy (non-hydrogen) atoms. The molecule has 8 heteroatoms. The van der Waals surface area contributed by atoms with E-state index in [4.69, 9.17) is 15.9 Å². The Balaban J connectivity index is 2.00. The number of aryl methyl sites for hydroxylation is 1. The molecule has 0 atom stereocenters. The summed E-state index contributed by atoms with van der Waals surface area (Å²) in [6.45, 7) is 4.24. The normalized spacial score (nSPS) is 14.9. The van der Waals surface area contributed by atoms with Crippen LogP contribution in [0.3, 0.4) is 0 Å². The van der Waals surface area contributed by atoms with E-state index in [0.29, 0.717) is 33.8 Å². The van der Waals surface area contributed by atoms with Crippen LogP contribution >= 0.6 is 15.9 Å². The lowest BCUT2D eigenvalue weighted by molar-refractivity contribution is -0.122. The largest absolute Gasteiger partial charge is 0.490 e. The third-order valence-electron chi connectivity index (χ3n) is 4.65. The van der Waals surface area contributed by atoms with Gasteiger partial charge in [0.05, 0.1) is 16.8 Å². The predicted molar refractivity (Wildman–Crippen MR) is 124 cm³/mol. The molecule has 0 radical (unpaired) electrons. The van der Waals surface area contributed by atoms with Gasteiger partial charge in [-0.05, 0) is 70.7 Å². The van der Waals surface area contributed by atoms with E-state index in [-0.39, 0.29) is 12.2 Å². The number of barbiturate groups is 1. The Morgan fingerprint density at radius 3 is 2.47 bits per heavy atom. The molecule has 7 nitrogen and oxygen atoms in total. The highest BCUT2D eigenvalue weighted by Crippen LogP contribution is 2.37. The number of ether oxygens (including phenoxy) is 2. The number of hydrogen-bond acceptors (Lipinski definition) is 5. The lowest BCUT2D eigenvalue weighted by atomic mass is 10.1. The molecule has 0 unspecified atom stereocenters. The number of amides is 4. The van der Waals surface area contributed by atoms with Crippen LogP contribution in [-0.2, 0) is 16.0 Å². The highest BCUT2D eigenvalue weighted by molar-refractivity contribution is 9.10. The molecule has 0 aromatic heterocycles. The zero-order chi connectivity index (χ0) is 23.3. The van der Waals surface area contributed by atoms with E-state index in [0.717, 1.165) is 16.9 Å². The molecule has 1 aliphatic rings. The van der Waals surface area contributed by atoms with Gasteiger partial charge in [0.25, 0.3) is 11.8 Å². The van der Waals surface area contributed by atoms with Gasteiger partial charge in [-0.15, -0.1) is 6.42 Å². The Labute approximate surface area is 194 Å². The number of anilines is 1. The first-order valence-electron chi connectivity index (χ1n) is 9.92. The van der Waals surface area contributed by atoms with Crippen LogP contribution in [0.2, 0.25) is 0 Å². The average Bonchev–Trinajstić information content (AvgIpc) is 2.76. The Hall–Kier alpha value is -3.57. The van der Waals surface area contributed by atoms with Gasteiger partial charge >= 0.3 is 6.03 Å². The van der Waals surface area contributed by atoms with Gasteiger partial charge in [-0.2, -0.15) is 0 Å². The number of carbonyl (C=O) groups excluding carboxylic acids is 3. The van der Waals surface area contributed by atoms with Crippen LogP contribution < -0.4 is 19.7 Å². The Bertz CT molecular complexity index is 1130. The predicted octanol–water partition coefficient (Wildman–Crippen LogP) is 4.09. The molecule has 2 aromatic carbocycles. The summed E-state index contributed by atoms with van der Waals surface area (Å²) >= 11 is 3.41. The van der Waals surface area contributed by atoms with Crippen molar-refractivity contribution in [2.45, 2.75) is 20.3 Å². The number of urea groups is 1. The number of imide groups is 2. The van der Waals surface area contributed by atoms with Crippen LogP contribution in [-0.4, -0.2) is 31.1 Å². The first-order valence-corrected chi connectivity index (χ1v) is 10.7. The van der Waals surface area contributed by atoms with Crippen molar-refractivity contribution in [3.63, 3.8) is 0 Å². The average molecular weight is 497 g/mol. The maximum Gasteiger partial charge on any atom is 0.335 e. The minimum Gasteiger partial charge on any atom is -0.490 e. The Morgan fingerprint density at radius 1 is 1.12 bits per heavy atom. The fourth-order valence-corrected chi connectivity index (χ4v) is 3.70. The topological polar surface area (TPSA) is 84.9 Å². The van der Waals surface area contributed by atoms with Gasteiger partial charge in [0.15, 0.2) is 11.5 Å². The van der Waals surface area contributed by atoms with Crippen LogP contribution in [0.15, 0.2) is 46.4 Å². The van der Waals surface area contributed by atoms with Crippen molar-refractivity contribution in [3.05, 3.63) is 57.6 Å². The summed E-state index contributed by atoms with van der Waals surface area (Å²) in [6.07, 6.45) is 7.49. The Kier molecular flexibility index (Phi) is 7.33. The molecule has 4 amide bonds. The van der Waals surface area contributed by atoms with E-state index < -0.39 is 17.8 Å². The molecule has 1 fully saturated rings. The zero-order valence-electron chi connectivity index (χ0n) is 17.6. The minimum absolute atomic E-state index is 0.0495. The van der Waals surface area contributed by atoms with Crippen LogP contribution in [0.1, 0.15) is 25.0 Å². The van der Waals surface area contributed by atoms with Gasteiger partial charge in [-0.3, -0.25) is 14.9 Å². The molecule has 0 spiro atoms. The summed E-state index contributed by atoms with van der Waals surface area (Å²) in [5.74, 6) is 1.71. The van der Waals surface area contributed by atoms with Crippen molar-refractivity contribution in [1.29, 1.82) is 0 Å². The molecule has 164 valence electrons. The van der Waals surface area contributed by atoms with Gasteiger partial charge in [0, 0.05) is 0 Å². The SMILES string of the molecule is C#CCOc1c(Br)cc(/C=C2/C(=O)NC(=O)N(c3ccc(CC)cc3)C2=O)cc1OCC. The monoisotopic (exact) mass is 496 g/mol. The molecule has 2 aromatic rings. The van der Waals surface area contributed by atoms with Crippen molar-refractivity contribution >= 4 is 45.5 Å². The third-order valence-corrected chi connectivity index (χ3v) is 5.24. The molecule has 1 aliphatic heterocycles. The molecule has 0 saturated carbocycles. The fourth-order valence-electron chi connectivity index (χ4n) is 3.13. The second-order valence-electron chi connectivity index (χ2n) is 6.73. The number of nitrogens with one attached hydrogen (secondary N) is 1.